The smallest absolute Gasteiger partial charge is 0.317 e. The molecule has 0 bridgehead atoms. The number of likely N-dealkylation sites (tertiary alicyclic amines) is 1. The van der Waals surface area contributed by atoms with Crippen LogP contribution in [-0.2, 0) is 11.3 Å². The lowest BCUT2D eigenvalue weighted by Gasteiger charge is -2.37. The molecular formula is C12H18N4O3. The monoisotopic (exact) mass is 266 g/mol. The van der Waals surface area contributed by atoms with E-state index < -0.39 is 11.4 Å². The van der Waals surface area contributed by atoms with E-state index in [1.54, 1.807) is 24.2 Å². The van der Waals surface area contributed by atoms with Crippen molar-refractivity contribution >= 4 is 12.0 Å². The maximum absolute atomic E-state index is 12.0. The van der Waals surface area contributed by atoms with Crippen LogP contribution in [-0.4, -0.2) is 45.1 Å². The number of aliphatic carboxylic acids is 1. The largest absolute Gasteiger partial charge is 0.481 e. The molecule has 1 fully saturated rings. The van der Waals surface area contributed by atoms with E-state index in [1.807, 2.05) is 0 Å². The Morgan fingerprint density at radius 1 is 1.63 bits per heavy atom. The number of carbonyl (C=O) groups excluding carboxylic acids is 1. The molecule has 1 aromatic rings. The number of aromatic amines is 1. The first-order valence-electron chi connectivity index (χ1n) is 6.26. The average Bonchev–Trinajstić information content (AvgIpc) is 2.89. The minimum absolute atomic E-state index is 0.242. The van der Waals surface area contributed by atoms with Crippen LogP contribution in [0.5, 0.6) is 0 Å². The van der Waals surface area contributed by atoms with Crippen LogP contribution in [0.1, 0.15) is 25.6 Å². The second-order valence-electron chi connectivity index (χ2n) is 5.09. The van der Waals surface area contributed by atoms with Crippen LogP contribution in [0.3, 0.4) is 0 Å². The second kappa shape index (κ2) is 5.29. The number of carboxylic acid groups (broad SMARTS) is 1. The predicted octanol–water partition coefficient (Wildman–Crippen LogP) is 0.806. The van der Waals surface area contributed by atoms with Crippen LogP contribution >= 0.6 is 0 Å². The minimum Gasteiger partial charge on any atom is -0.481 e. The van der Waals surface area contributed by atoms with Crippen molar-refractivity contribution in [2.75, 3.05) is 13.1 Å². The first kappa shape index (κ1) is 13.4. The fraction of sp³-hybridized carbons (Fsp3) is 0.583. The molecule has 0 spiro atoms. The quantitative estimate of drug-likeness (QED) is 0.753. The lowest BCUT2D eigenvalue weighted by Crippen LogP contribution is -2.51. The van der Waals surface area contributed by atoms with Crippen LogP contribution in [0, 0.1) is 5.41 Å². The molecule has 2 heterocycles. The van der Waals surface area contributed by atoms with Gasteiger partial charge in [0.15, 0.2) is 0 Å². The van der Waals surface area contributed by atoms with E-state index >= 15 is 0 Å². The van der Waals surface area contributed by atoms with E-state index in [0.29, 0.717) is 31.8 Å². The number of H-pyrrole nitrogens is 1. The zero-order chi connectivity index (χ0) is 13.9. The molecule has 2 amide bonds. The first-order chi connectivity index (χ1) is 9.01. The lowest BCUT2D eigenvalue weighted by molar-refractivity contribution is -0.150. The summed E-state index contributed by atoms with van der Waals surface area (Å²) in [4.78, 5) is 31.7. The number of rotatable bonds is 3. The highest BCUT2D eigenvalue weighted by molar-refractivity contribution is 5.78. The number of nitrogens with one attached hydrogen (secondary N) is 2. The lowest BCUT2D eigenvalue weighted by atomic mass is 9.82. The Hall–Kier alpha value is -2.05. The molecule has 0 aromatic carbocycles. The van der Waals surface area contributed by atoms with Crippen molar-refractivity contribution in [3.63, 3.8) is 0 Å². The third-order valence-corrected chi connectivity index (χ3v) is 3.46. The molecule has 0 saturated carbocycles. The van der Waals surface area contributed by atoms with Gasteiger partial charge in [0, 0.05) is 25.5 Å². The highest BCUT2D eigenvalue weighted by Gasteiger charge is 2.39. The molecule has 104 valence electrons. The topological polar surface area (TPSA) is 98.3 Å². The number of hydrogen-bond acceptors (Lipinski definition) is 3. The van der Waals surface area contributed by atoms with E-state index in [4.69, 9.17) is 0 Å². The van der Waals surface area contributed by atoms with E-state index in [9.17, 15) is 14.7 Å². The molecule has 0 radical (unpaired) electrons. The number of piperidine rings is 1. The molecule has 2 rings (SSSR count). The second-order valence-corrected chi connectivity index (χ2v) is 5.09. The molecule has 1 saturated heterocycles. The number of carboxylic acids is 1. The summed E-state index contributed by atoms with van der Waals surface area (Å²) in [5, 5.41) is 11.9. The van der Waals surface area contributed by atoms with Gasteiger partial charge in [0.2, 0.25) is 0 Å². The van der Waals surface area contributed by atoms with Gasteiger partial charge in [0.05, 0.1) is 12.0 Å². The molecule has 0 aliphatic carbocycles. The number of imidazole rings is 1. The van der Waals surface area contributed by atoms with Crippen molar-refractivity contribution in [2.45, 2.75) is 26.3 Å². The summed E-state index contributed by atoms with van der Waals surface area (Å²) in [6, 6.07) is -0.247. The molecule has 1 unspecified atom stereocenters. The SMILES string of the molecule is CC1(C(=O)O)CCCN(C(=O)NCc2ncc[nH]2)C1. The average molecular weight is 266 g/mol. The van der Waals surface area contributed by atoms with Gasteiger partial charge in [-0.15, -0.1) is 0 Å². The molecule has 19 heavy (non-hydrogen) atoms. The zero-order valence-electron chi connectivity index (χ0n) is 10.8. The van der Waals surface area contributed by atoms with Gasteiger partial charge in [-0.25, -0.2) is 9.78 Å². The number of urea groups is 1. The van der Waals surface area contributed by atoms with Gasteiger partial charge in [-0.2, -0.15) is 0 Å². The Labute approximate surface area is 111 Å². The van der Waals surface area contributed by atoms with Crippen LogP contribution < -0.4 is 5.32 Å². The fourth-order valence-corrected chi connectivity index (χ4v) is 2.25. The molecule has 3 N–H and O–H groups in total. The maximum atomic E-state index is 12.0. The number of aromatic nitrogens is 2. The molecule has 7 heteroatoms. The van der Waals surface area contributed by atoms with Crippen molar-refractivity contribution in [3.8, 4) is 0 Å². The number of carbonyl (C=O) groups is 2. The first-order valence-corrected chi connectivity index (χ1v) is 6.26. The molecule has 1 aliphatic rings. The number of hydrogen-bond donors (Lipinski definition) is 3. The standard InChI is InChI=1S/C12H18N4O3/c1-12(10(17)18)3-2-6-16(8-12)11(19)15-7-9-13-4-5-14-9/h4-5H,2-3,6-8H2,1H3,(H,13,14)(H,15,19)(H,17,18). The van der Waals surface area contributed by atoms with E-state index in [-0.39, 0.29) is 12.6 Å². The van der Waals surface area contributed by atoms with E-state index in [2.05, 4.69) is 15.3 Å². The van der Waals surface area contributed by atoms with Gasteiger partial charge in [-0.1, -0.05) is 0 Å². The summed E-state index contributed by atoms with van der Waals surface area (Å²) in [6.45, 7) is 2.83. The Kier molecular flexibility index (Phi) is 3.73. The van der Waals surface area contributed by atoms with E-state index in [1.165, 1.54) is 0 Å². The molecule has 7 nitrogen and oxygen atoms in total. The minimum atomic E-state index is -0.851. The maximum Gasteiger partial charge on any atom is 0.317 e. The van der Waals surface area contributed by atoms with Gasteiger partial charge in [-0.05, 0) is 19.8 Å². The Bertz CT molecular complexity index is 460. The van der Waals surface area contributed by atoms with Gasteiger partial charge < -0.3 is 20.3 Å². The Morgan fingerprint density at radius 2 is 2.42 bits per heavy atom. The molecule has 1 aliphatic heterocycles. The van der Waals surface area contributed by atoms with Gasteiger partial charge in [0.25, 0.3) is 0 Å². The molecule has 1 atom stereocenters. The summed E-state index contributed by atoms with van der Waals surface area (Å²) in [7, 11) is 0. The van der Waals surface area contributed by atoms with Crippen LogP contribution in [0.4, 0.5) is 4.79 Å². The van der Waals surface area contributed by atoms with Crippen molar-refractivity contribution in [1.82, 2.24) is 20.2 Å². The summed E-state index contributed by atoms with van der Waals surface area (Å²) < 4.78 is 0. The van der Waals surface area contributed by atoms with Crippen molar-refractivity contribution in [3.05, 3.63) is 18.2 Å². The third kappa shape index (κ3) is 3.04. The Balaban J connectivity index is 1.90. The fourth-order valence-electron chi connectivity index (χ4n) is 2.25. The van der Waals surface area contributed by atoms with Crippen LogP contribution in [0.25, 0.3) is 0 Å². The highest BCUT2D eigenvalue weighted by Crippen LogP contribution is 2.29. The van der Waals surface area contributed by atoms with Gasteiger partial charge >= 0.3 is 12.0 Å². The van der Waals surface area contributed by atoms with Crippen molar-refractivity contribution in [1.29, 1.82) is 0 Å². The van der Waals surface area contributed by atoms with E-state index in [0.717, 1.165) is 0 Å². The van der Waals surface area contributed by atoms with Crippen molar-refractivity contribution < 1.29 is 14.7 Å². The van der Waals surface area contributed by atoms with Gasteiger partial charge in [0.1, 0.15) is 5.82 Å². The molecule has 1 aromatic heterocycles. The summed E-state index contributed by atoms with van der Waals surface area (Å²) in [5.74, 6) is -0.178. The van der Waals surface area contributed by atoms with Crippen molar-refractivity contribution in [2.24, 2.45) is 5.41 Å². The third-order valence-electron chi connectivity index (χ3n) is 3.46. The number of nitrogens with zero attached hydrogens (tertiary/aromatic N) is 2. The zero-order valence-corrected chi connectivity index (χ0v) is 10.8. The normalized spacial score (nSPS) is 23.1. The summed E-state index contributed by atoms with van der Waals surface area (Å²) in [5.41, 5.74) is -0.847. The molecular weight excluding hydrogens is 248 g/mol. The highest BCUT2D eigenvalue weighted by atomic mass is 16.4. The summed E-state index contributed by atoms with van der Waals surface area (Å²) in [6.07, 6.45) is 4.61. The van der Waals surface area contributed by atoms with Crippen LogP contribution in [0.2, 0.25) is 0 Å². The van der Waals surface area contributed by atoms with Crippen LogP contribution in [0.15, 0.2) is 12.4 Å². The van der Waals surface area contributed by atoms with Gasteiger partial charge in [-0.3, -0.25) is 4.79 Å². The Morgan fingerprint density at radius 3 is 3.05 bits per heavy atom. The number of amides is 2. The summed E-state index contributed by atoms with van der Waals surface area (Å²) >= 11 is 0. The predicted molar refractivity (Wildman–Crippen MR) is 67.4 cm³/mol.